The molecule has 1 rings (SSSR count). The average molecular weight is 220 g/mol. The first-order chi connectivity index (χ1) is 7.22. The highest BCUT2D eigenvalue weighted by Crippen LogP contribution is 2.20. The van der Waals surface area contributed by atoms with Gasteiger partial charge < -0.3 is 0 Å². The van der Waals surface area contributed by atoms with Gasteiger partial charge in [0.2, 0.25) is 0 Å². The van der Waals surface area contributed by atoms with Crippen LogP contribution in [-0.4, -0.2) is 0 Å². The summed E-state index contributed by atoms with van der Waals surface area (Å²) in [5, 5.41) is 0. The van der Waals surface area contributed by atoms with Crippen LogP contribution in [-0.2, 0) is 12.8 Å². The molecule has 0 unspecified atom stereocenters. The molecule has 82 valence electrons. The van der Waals surface area contributed by atoms with Crippen LogP contribution in [0, 0.1) is 17.8 Å². The lowest BCUT2D eigenvalue weighted by atomic mass is 10.1. The maximum atomic E-state index is 3.19. The molecule has 0 radical (unpaired) electrons. The summed E-state index contributed by atoms with van der Waals surface area (Å²) in [5.74, 6) is 7.06. The van der Waals surface area contributed by atoms with Crippen LogP contribution >= 0.6 is 11.3 Å². The van der Waals surface area contributed by atoms with E-state index < -0.39 is 0 Å². The van der Waals surface area contributed by atoms with Gasteiger partial charge in [0.15, 0.2) is 0 Å². The Morgan fingerprint density at radius 1 is 1.20 bits per heavy atom. The van der Waals surface area contributed by atoms with Crippen molar-refractivity contribution in [2.75, 3.05) is 0 Å². The van der Waals surface area contributed by atoms with Crippen molar-refractivity contribution < 1.29 is 0 Å². The van der Waals surface area contributed by atoms with E-state index in [9.17, 15) is 0 Å². The molecule has 0 aliphatic heterocycles. The minimum atomic E-state index is 0.761. The smallest absolute Gasteiger partial charge is 0.0137 e. The quantitative estimate of drug-likeness (QED) is 0.664. The zero-order valence-corrected chi connectivity index (χ0v) is 10.8. The Bertz CT molecular complexity index is 336. The van der Waals surface area contributed by atoms with E-state index in [0.717, 1.165) is 25.2 Å². The van der Waals surface area contributed by atoms with Crippen molar-refractivity contribution in [2.24, 2.45) is 5.92 Å². The minimum absolute atomic E-state index is 0.761. The topological polar surface area (TPSA) is 0 Å². The molecule has 0 aliphatic carbocycles. The van der Waals surface area contributed by atoms with Crippen LogP contribution in [0.5, 0.6) is 0 Å². The highest BCUT2D eigenvalue weighted by molar-refractivity contribution is 7.11. The summed E-state index contributed by atoms with van der Waals surface area (Å²) in [7, 11) is 0. The van der Waals surface area contributed by atoms with E-state index in [0.29, 0.717) is 0 Å². The van der Waals surface area contributed by atoms with Crippen LogP contribution in [0.4, 0.5) is 0 Å². The van der Waals surface area contributed by atoms with Crippen molar-refractivity contribution in [3.63, 3.8) is 0 Å². The number of hydrogen-bond donors (Lipinski definition) is 0. The van der Waals surface area contributed by atoms with E-state index in [-0.39, 0.29) is 0 Å². The average Bonchev–Trinajstić information content (AvgIpc) is 2.59. The molecule has 0 fully saturated rings. The second-order valence-electron chi connectivity index (χ2n) is 4.17. The molecule has 1 aromatic rings. The normalized spacial score (nSPS) is 10.1. The molecule has 0 spiro atoms. The summed E-state index contributed by atoms with van der Waals surface area (Å²) >= 11 is 1.95. The molecule has 0 saturated heterocycles. The van der Waals surface area contributed by atoms with E-state index in [1.54, 1.807) is 0 Å². The molecule has 0 aromatic carbocycles. The fourth-order valence-electron chi connectivity index (χ4n) is 1.47. The van der Waals surface area contributed by atoms with Gasteiger partial charge in [0.05, 0.1) is 0 Å². The summed E-state index contributed by atoms with van der Waals surface area (Å²) in [5.41, 5.74) is 0. The summed E-state index contributed by atoms with van der Waals surface area (Å²) in [6, 6.07) is 4.53. The summed E-state index contributed by atoms with van der Waals surface area (Å²) < 4.78 is 0. The van der Waals surface area contributed by atoms with Crippen LogP contribution in [0.2, 0.25) is 0 Å². The Balaban J connectivity index is 2.39. The van der Waals surface area contributed by atoms with Gasteiger partial charge in [-0.3, -0.25) is 0 Å². The molecule has 0 amide bonds. The third-order valence-corrected chi connectivity index (χ3v) is 3.29. The molecule has 0 atom stereocenters. The number of aryl methyl sites for hydroxylation is 1. The van der Waals surface area contributed by atoms with Gasteiger partial charge in [-0.15, -0.1) is 23.2 Å². The minimum Gasteiger partial charge on any atom is -0.145 e. The van der Waals surface area contributed by atoms with Crippen LogP contribution in [0.25, 0.3) is 0 Å². The maximum absolute atomic E-state index is 3.19. The summed E-state index contributed by atoms with van der Waals surface area (Å²) in [4.78, 5) is 3.00. The van der Waals surface area contributed by atoms with Gasteiger partial charge in [0.25, 0.3) is 0 Å². The van der Waals surface area contributed by atoms with Crippen molar-refractivity contribution in [3.8, 4) is 11.8 Å². The molecule has 0 N–H and O–H groups in total. The van der Waals surface area contributed by atoms with E-state index in [1.165, 1.54) is 16.2 Å². The summed E-state index contributed by atoms with van der Waals surface area (Å²) in [6.45, 7) is 6.64. The van der Waals surface area contributed by atoms with Crippen LogP contribution in [0.3, 0.4) is 0 Å². The number of hydrogen-bond acceptors (Lipinski definition) is 1. The molecule has 0 bridgehead atoms. The zero-order valence-electron chi connectivity index (χ0n) is 9.97. The van der Waals surface area contributed by atoms with E-state index >= 15 is 0 Å². The Kier molecular flexibility index (Phi) is 5.50. The van der Waals surface area contributed by atoms with Gasteiger partial charge in [0, 0.05) is 22.6 Å². The number of thiophene rings is 1. The van der Waals surface area contributed by atoms with Crippen molar-refractivity contribution in [1.29, 1.82) is 0 Å². The predicted octanol–water partition coefficient (Wildman–Crippen LogP) is 4.29. The summed E-state index contributed by atoms with van der Waals surface area (Å²) in [6.07, 6.45) is 4.32. The van der Waals surface area contributed by atoms with E-state index in [4.69, 9.17) is 0 Å². The van der Waals surface area contributed by atoms with Gasteiger partial charge in [-0.05, 0) is 30.9 Å². The Hall–Kier alpha value is -0.740. The van der Waals surface area contributed by atoms with Crippen LogP contribution < -0.4 is 0 Å². The monoisotopic (exact) mass is 220 g/mol. The van der Waals surface area contributed by atoms with Crippen molar-refractivity contribution in [1.82, 2.24) is 0 Å². The standard InChI is InChI=1S/C14H20S/c1-4-5-6-7-8-13-9-10-14(15-13)11-12(2)3/h9-10,12H,4,7-8,11H2,1-3H3. The van der Waals surface area contributed by atoms with Crippen molar-refractivity contribution in [2.45, 2.75) is 46.5 Å². The van der Waals surface area contributed by atoms with Gasteiger partial charge in [-0.2, -0.15) is 0 Å². The molecule has 0 nitrogen and oxygen atoms in total. The number of rotatable bonds is 4. The maximum Gasteiger partial charge on any atom is 0.0137 e. The highest BCUT2D eigenvalue weighted by atomic mass is 32.1. The molecular formula is C14H20S. The fourth-order valence-corrected chi connectivity index (χ4v) is 2.70. The second-order valence-corrected chi connectivity index (χ2v) is 5.43. The van der Waals surface area contributed by atoms with Crippen LogP contribution in [0.15, 0.2) is 12.1 Å². The molecule has 1 aromatic heterocycles. The van der Waals surface area contributed by atoms with Gasteiger partial charge in [0.1, 0.15) is 0 Å². The third kappa shape index (κ3) is 5.04. The lowest BCUT2D eigenvalue weighted by molar-refractivity contribution is 0.654. The van der Waals surface area contributed by atoms with Gasteiger partial charge in [-0.25, -0.2) is 0 Å². The van der Waals surface area contributed by atoms with Gasteiger partial charge >= 0.3 is 0 Å². The zero-order chi connectivity index (χ0) is 11.1. The fraction of sp³-hybridized carbons (Fsp3) is 0.571. The van der Waals surface area contributed by atoms with E-state index in [2.05, 4.69) is 44.7 Å². The first-order valence-electron chi connectivity index (χ1n) is 5.75. The van der Waals surface area contributed by atoms with Gasteiger partial charge in [-0.1, -0.05) is 20.8 Å². The molecule has 0 aliphatic rings. The molecule has 15 heavy (non-hydrogen) atoms. The highest BCUT2D eigenvalue weighted by Gasteiger charge is 2.01. The van der Waals surface area contributed by atoms with Crippen molar-refractivity contribution >= 4 is 11.3 Å². The largest absolute Gasteiger partial charge is 0.145 e. The van der Waals surface area contributed by atoms with Crippen LogP contribution in [0.1, 0.15) is 43.4 Å². The molecule has 0 saturated carbocycles. The Morgan fingerprint density at radius 3 is 2.60 bits per heavy atom. The molecule has 1 heteroatoms. The SMILES string of the molecule is CCC#CCCc1ccc(CC(C)C)s1. The lowest BCUT2D eigenvalue weighted by Crippen LogP contribution is -1.89. The second kappa shape index (κ2) is 6.69. The van der Waals surface area contributed by atoms with E-state index in [1.807, 2.05) is 11.3 Å². The first kappa shape index (κ1) is 12.3. The molecular weight excluding hydrogens is 200 g/mol. The lowest BCUT2D eigenvalue weighted by Gasteiger charge is -1.99. The Morgan fingerprint density at radius 2 is 1.93 bits per heavy atom. The predicted molar refractivity (Wildman–Crippen MR) is 69.2 cm³/mol. The van der Waals surface area contributed by atoms with Crippen molar-refractivity contribution in [3.05, 3.63) is 21.9 Å². The Labute approximate surface area is 97.7 Å². The third-order valence-electron chi connectivity index (χ3n) is 2.12. The first-order valence-corrected chi connectivity index (χ1v) is 6.57. The molecule has 1 heterocycles.